The molecule has 0 atom stereocenters. The number of nitrogens with one attached hydrogen (secondary N) is 1. The second kappa shape index (κ2) is 5.01. The van der Waals surface area contributed by atoms with E-state index >= 15 is 0 Å². The lowest BCUT2D eigenvalue weighted by molar-refractivity contribution is 0.0769. The molecule has 7 nitrogen and oxygen atoms in total. The number of aromatic nitrogens is 4. The summed E-state index contributed by atoms with van der Waals surface area (Å²) >= 11 is 0. The number of amides is 1. The lowest BCUT2D eigenvalue weighted by Gasteiger charge is -2.18. The van der Waals surface area contributed by atoms with Gasteiger partial charge in [-0.1, -0.05) is 12.1 Å². The Bertz CT molecular complexity index is 876. The van der Waals surface area contributed by atoms with Crippen molar-refractivity contribution in [1.29, 1.82) is 0 Å². The number of hydrogen-bond donors (Lipinski definition) is 1. The molecule has 0 aliphatic carbocycles. The lowest BCUT2D eigenvalue weighted by atomic mass is 10.2. The van der Waals surface area contributed by atoms with Crippen LogP contribution < -0.4 is 5.69 Å². The highest BCUT2D eigenvalue weighted by Crippen LogP contribution is 2.16. The first-order valence-electron chi connectivity index (χ1n) is 6.82. The molecule has 0 aliphatic heterocycles. The predicted octanol–water partition coefficient (Wildman–Crippen LogP) is 1.05. The lowest BCUT2D eigenvalue weighted by Crippen LogP contribution is -2.32. The van der Waals surface area contributed by atoms with Crippen LogP contribution in [0.5, 0.6) is 0 Å². The van der Waals surface area contributed by atoms with Gasteiger partial charge in [0.2, 0.25) is 0 Å². The molecule has 0 fully saturated rings. The molecule has 0 saturated heterocycles. The van der Waals surface area contributed by atoms with Crippen molar-refractivity contribution in [3.63, 3.8) is 0 Å². The van der Waals surface area contributed by atoms with Crippen LogP contribution in [0.3, 0.4) is 0 Å². The van der Waals surface area contributed by atoms with Crippen molar-refractivity contribution in [2.24, 2.45) is 0 Å². The zero-order valence-electron chi connectivity index (χ0n) is 11.8. The molecule has 2 aromatic heterocycles. The summed E-state index contributed by atoms with van der Waals surface area (Å²) in [4.78, 5) is 30.6. The van der Waals surface area contributed by atoms with Gasteiger partial charge < -0.3 is 4.90 Å². The van der Waals surface area contributed by atoms with Crippen molar-refractivity contribution in [2.75, 3.05) is 13.1 Å². The molecule has 7 heteroatoms. The summed E-state index contributed by atoms with van der Waals surface area (Å²) < 4.78 is 1.39. The maximum atomic E-state index is 12.6. The summed E-state index contributed by atoms with van der Waals surface area (Å²) in [5.41, 5.74) is 1.29. The predicted molar refractivity (Wildman–Crippen MR) is 78.4 cm³/mol. The number of fused-ring (bicyclic) bond motifs is 3. The minimum absolute atomic E-state index is 0.191. The van der Waals surface area contributed by atoms with Crippen molar-refractivity contribution in [1.82, 2.24) is 24.5 Å². The first kappa shape index (κ1) is 13.3. The topological polar surface area (TPSA) is 83.4 Å². The molecule has 0 spiro atoms. The third kappa shape index (κ3) is 1.97. The SMILES string of the molecule is CCN(CC)C(=O)c1nc2ccccc2n2c(=O)[nH]nc12. The number of carbonyl (C=O) groups is 1. The molecule has 21 heavy (non-hydrogen) atoms. The van der Waals surface area contributed by atoms with Crippen molar-refractivity contribution < 1.29 is 4.79 Å². The van der Waals surface area contributed by atoms with Gasteiger partial charge in [-0.3, -0.25) is 4.79 Å². The molecule has 0 bridgehead atoms. The number of rotatable bonds is 3. The smallest absolute Gasteiger partial charge is 0.338 e. The molecule has 0 radical (unpaired) electrons. The molecule has 1 N–H and O–H groups in total. The van der Waals surface area contributed by atoms with E-state index < -0.39 is 0 Å². The van der Waals surface area contributed by atoms with Crippen LogP contribution in [0.2, 0.25) is 0 Å². The third-order valence-electron chi connectivity index (χ3n) is 3.49. The van der Waals surface area contributed by atoms with Crippen LogP contribution >= 0.6 is 0 Å². The highest BCUT2D eigenvalue weighted by Gasteiger charge is 2.21. The van der Waals surface area contributed by atoms with Gasteiger partial charge in [0.1, 0.15) is 0 Å². The molecule has 0 aliphatic rings. The van der Waals surface area contributed by atoms with Gasteiger partial charge in [0, 0.05) is 13.1 Å². The Hall–Kier alpha value is -2.70. The molecular weight excluding hydrogens is 270 g/mol. The molecule has 0 unspecified atom stereocenters. The van der Waals surface area contributed by atoms with E-state index in [9.17, 15) is 9.59 Å². The van der Waals surface area contributed by atoms with E-state index in [1.807, 2.05) is 26.0 Å². The second-order valence-electron chi connectivity index (χ2n) is 4.61. The Morgan fingerprint density at radius 2 is 2.00 bits per heavy atom. The summed E-state index contributed by atoms with van der Waals surface area (Å²) in [6.45, 7) is 4.95. The minimum Gasteiger partial charge on any atom is -0.338 e. The van der Waals surface area contributed by atoms with E-state index in [1.54, 1.807) is 17.0 Å². The van der Waals surface area contributed by atoms with Crippen LogP contribution in [0.1, 0.15) is 24.3 Å². The highest BCUT2D eigenvalue weighted by atomic mass is 16.2. The van der Waals surface area contributed by atoms with Crippen LogP contribution in [-0.4, -0.2) is 43.5 Å². The Kier molecular flexibility index (Phi) is 3.17. The standard InChI is InChI=1S/C14H15N5O2/c1-3-18(4-2)13(20)11-12-16-17-14(21)19(12)10-8-6-5-7-9(10)15-11/h5-8H,3-4H2,1-2H3,(H,17,21). The quantitative estimate of drug-likeness (QED) is 0.779. The minimum atomic E-state index is -0.378. The van der Waals surface area contributed by atoms with E-state index in [1.165, 1.54) is 4.40 Å². The fourth-order valence-electron chi connectivity index (χ4n) is 2.40. The maximum Gasteiger partial charge on any atom is 0.348 e. The van der Waals surface area contributed by atoms with Crippen molar-refractivity contribution >= 4 is 22.6 Å². The third-order valence-corrected chi connectivity index (χ3v) is 3.49. The van der Waals surface area contributed by atoms with Crippen molar-refractivity contribution in [2.45, 2.75) is 13.8 Å². The Morgan fingerprint density at radius 3 is 2.71 bits per heavy atom. The second-order valence-corrected chi connectivity index (χ2v) is 4.61. The van der Waals surface area contributed by atoms with E-state index in [0.717, 1.165) is 0 Å². The van der Waals surface area contributed by atoms with Crippen molar-refractivity contribution in [3.8, 4) is 0 Å². The van der Waals surface area contributed by atoms with Crippen LogP contribution in [0.4, 0.5) is 0 Å². The van der Waals surface area contributed by atoms with Gasteiger partial charge in [-0.25, -0.2) is 19.3 Å². The summed E-state index contributed by atoms with van der Waals surface area (Å²) in [6.07, 6.45) is 0. The molecular formula is C14H15N5O2. The largest absolute Gasteiger partial charge is 0.348 e. The van der Waals surface area contributed by atoms with Crippen LogP contribution in [-0.2, 0) is 0 Å². The van der Waals surface area contributed by atoms with Gasteiger partial charge in [0.05, 0.1) is 11.0 Å². The molecule has 108 valence electrons. The zero-order chi connectivity index (χ0) is 15.0. The number of aromatic amines is 1. The number of benzene rings is 1. The normalized spacial score (nSPS) is 11.1. The van der Waals surface area contributed by atoms with Gasteiger partial charge in [0.25, 0.3) is 5.91 Å². The zero-order valence-corrected chi connectivity index (χ0v) is 11.8. The van der Waals surface area contributed by atoms with E-state index in [-0.39, 0.29) is 22.9 Å². The van der Waals surface area contributed by atoms with Gasteiger partial charge in [0.15, 0.2) is 11.3 Å². The van der Waals surface area contributed by atoms with Crippen molar-refractivity contribution in [3.05, 3.63) is 40.4 Å². The summed E-state index contributed by atoms with van der Waals surface area (Å²) in [5.74, 6) is -0.227. The molecule has 1 aromatic carbocycles. The molecule has 2 heterocycles. The average Bonchev–Trinajstić information content (AvgIpc) is 2.90. The molecule has 3 aromatic rings. The number of hydrogen-bond acceptors (Lipinski definition) is 4. The molecule has 1 amide bonds. The van der Waals surface area contributed by atoms with Gasteiger partial charge in [-0.2, -0.15) is 5.10 Å². The van der Waals surface area contributed by atoms with Crippen LogP contribution in [0, 0.1) is 0 Å². The average molecular weight is 285 g/mol. The monoisotopic (exact) mass is 285 g/mol. The summed E-state index contributed by atoms with van der Waals surface area (Å²) in [7, 11) is 0. The number of carbonyl (C=O) groups excluding carboxylic acids is 1. The summed E-state index contributed by atoms with van der Waals surface area (Å²) in [6, 6.07) is 7.18. The van der Waals surface area contributed by atoms with Gasteiger partial charge in [-0.15, -0.1) is 0 Å². The van der Waals surface area contributed by atoms with E-state index in [0.29, 0.717) is 24.1 Å². The Labute approximate surface area is 120 Å². The molecule has 0 saturated carbocycles. The van der Waals surface area contributed by atoms with Crippen LogP contribution in [0.15, 0.2) is 29.1 Å². The Balaban J connectivity index is 2.36. The number of para-hydroxylation sites is 2. The first-order chi connectivity index (χ1) is 10.2. The first-order valence-corrected chi connectivity index (χ1v) is 6.82. The fourth-order valence-corrected chi connectivity index (χ4v) is 2.40. The van der Waals surface area contributed by atoms with E-state index in [4.69, 9.17) is 0 Å². The van der Waals surface area contributed by atoms with Crippen LogP contribution in [0.25, 0.3) is 16.7 Å². The molecule has 3 rings (SSSR count). The Morgan fingerprint density at radius 1 is 1.29 bits per heavy atom. The summed E-state index contributed by atoms with van der Waals surface area (Å²) in [5, 5.41) is 6.34. The maximum absolute atomic E-state index is 12.6. The van der Waals surface area contributed by atoms with Gasteiger partial charge in [-0.05, 0) is 26.0 Å². The van der Waals surface area contributed by atoms with Gasteiger partial charge >= 0.3 is 5.69 Å². The number of nitrogens with zero attached hydrogens (tertiary/aromatic N) is 4. The number of H-pyrrole nitrogens is 1. The van der Waals surface area contributed by atoms with E-state index in [2.05, 4.69) is 15.2 Å². The fraction of sp³-hybridized carbons (Fsp3) is 0.286. The highest BCUT2D eigenvalue weighted by molar-refractivity contribution is 6.00.